The van der Waals surface area contributed by atoms with Crippen LogP contribution in [0, 0.1) is 0 Å². The number of rotatable bonds is 4. The fraction of sp³-hybridized carbons (Fsp3) is 0.571. The van der Waals surface area contributed by atoms with Gasteiger partial charge >= 0.3 is 6.09 Å². The number of fused-ring (bicyclic) bond motifs is 1. The van der Waals surface area contributed by atoms with Crippen LogP contribution in [0.5, 0.6) is 5.88 Å². The van der Waals surface area contributed by atoms with Crippen LogP contribution in [0.2, 0.25) is 0 Å². The lowest BCUT2D eigenvalue weighted by atomic mass is 10.0. The van der Waals surface area contributed by atoms with E-state index in [1.54, 1.807) is 4.90 Å². The standard InChI is InChI=1S/C21H30N4O3/c1-6-27-19-18(22-16-11-7-8-12-17(16)23-19)24(5)15-10-9-13-25(14-15)20(26)28-21(2,3)4/h7-8,11-12,15H,6,9-10,13-14H2,1-5H3/t15-/m0/s1. The Labute approximate surface area is 166 Å². The normalized spacial score (nSPS) is 17.5. The van der Waals surface area contributed by atoms with E-state index in [0.717, 1.165) is 23.9 Å². The average Bonchev–Trinajstić information content (AvgIpc) is 2.66. The molecule has 0 aliphatic carbocycles. The van der Waals surface area contributed by atoms with Gasteiger partial charge in [0.1, 0.15) is 5.60 Å². The summed E-state index contributed by atoms with van der Waals surface area (Å²) in [5.41, 5.74) is 1.14. The molecular weight excluding hydrogens is 356 g/mol. The second-order valence-electron chi connectivity index (χ2n) is 8.11. The maximum atomic E-state index is 12.5. The molecule has 1 aromatic carbocycles. The monoisotopic (exact) mass is 386 g/mol. The van der Waals surface area contributed by atoms with Crippen molar-refractivity contribution in [2.45, 2.75) is 52.2 Å². The summed E-state index contributed by atoms with van der Waals surface area (Å²) in [6.45, 7) is 9.41. The molecule has 3 rings (SSSR count). The third-order valence-electron chi connectivity index (χ3n) is 4.73. The van der Waals surface area contributed by atoms with Gasteiger partial charge in [0, 0.05) is 26.2 Å². The summed E-state index contributed by atoms with van der Waals surface area (Å²) in [7, 11) is 1.99. The van der Waals surface area contributed by atoms with Gasteiger partial charge in [-0.25, -0.2) is 14.8 Å². The molecule has 1 amide bonds. The van der Waals surface area contributed by atoms with Gasteiger partial charge in [0.15, 0.2) is 5.82 Å². The van der Waals surface area contributed by atoms with Crippen molar-refractivity contribution < 1.29 is 14.3 Å². The topological polar surface area (TPSA) is 67.8 Å². The lowest BCUT2D eigenvalue weighted by Gasteiger charge is -2.38. The summed E-state index contributed by atoms with van der Waals surface area (Å²) in [6.07, 6.45) is 1.62. The summed E-state index contributed by atoms with van der Waals surface area (Å²) in [5.74, 6) is 1.23. The van der Waals surface area contributed by atoms with Crippen LogP contribution >= 0.6 is 0 Å². The molecule has 0 bridgehead atoms. The Morgan fingerprint density at radius 3 is 2.57 bits per heavy atom. The quantitative estimate of drug-likeness (QED) is 0.795. The zero-order valence-electron chi connectivity index (χ0n) is 17.4. The number of nitrogens with zero attached hydrogens (tertiary/aromatic N) is 4. The van der Waals surface area contributed by atoms with Crippen molar-refractivity contribution in [2.24, 2.45) is 0 Å². The van der Waals surface area contributed by atoms with E-state index < -0.39 is 5.60 Å². The molecule has 0 radical (unpaired) electrons. The molecule has 0 N–H and O–H groups in total. The number of likely N-dealkylation sites (N-methyl/N-ethyl adjacent to an activating group) is 1. The number of hydrogen-bond donors (Lipinski definition) is 0. The van der Waals surface area contributed by atoms with E-state index in [1.165, 1.54) is 0 Å². The molecule has 1 saturated heterocycles. The van der Waals surface area contributed by atoms with E-state index in [1.807, 2.05) is 59.0 Å². The van der Waals surface area contributed by atoms with Gasteiger partial charge in [0.05, 0.1) is 17.6 Å². The number of amides is 1. The highest BCUT2D eigenvalue weighted by atomic mass is 16.6. The molecule has 1 aliphatic heterocycles. The largest absolute Gasteiger partial charge is 0.475 e. The van der Waals surface area contributed by atoms with Gasteiger partial charge < -0.3 is 19.3 Å². The summed E-state index contributed by atoms with van der Waals surface area (Å²) in [5, 5.41) is 0. The number of anilines is 1. The molecule has 0 saturated carbocycles. The second-order valence-corrected chi connectivity index (χ2v) is 8.11. The van der Waals surface area contributed by atoms with Crippen molar-refractivity contribution in [1.82, 2.24) is 14.9 Å². The number of likely N-dealkylation sites (tertiary alicyclic amines) is 1. The Morgan fingerprint density at radius 2 is 1.93 bits per heavy atom. The molecule has 1 atom stereocenters. The summed E-state index contributed by atoms with van der Waals surface area (Å²) < 4.78 is 11.3. The zero-order chi connectivity index (χ0) is 20.3. The summed E-state index contributed by atoms with van der Waals surface area (Å²) in [6, 6.07) is 7.89. The molecule has 28 heavy (non-hydrogen) atoms. The highest BCUT2D eigenvalue weighted by Crippen LogP contribution is 2.30. The maximum absolute atomic E-state index is 12.5. The number of para-hydroxylation sites is 2. The van der Waals surface area contributed by atoms with E-state index in [-0.39, 0.29) is 12.1 Å². The molecule has 152 valence electrons. The Morgan fingerprint density at radius 1 is 1.25 bits per heavy atom. The van der Waals surface area contributed by atoms with Gasteiger partial charge in [-0.2, -0.15) is 0 Å². The first-order valence-electron chi connectivity index (χ1n) is 9.89. The number of aromatic nitrogens is 2. The average molecular weight is 386 g/mol. The predicted octanol–water partition coefficient (Wildman–Crippen LogP) is 3.86. The van der Waals surface area contributed by atoms with Gasteiger partial charge in [-0.1, -0.05) is 12.1 Å². The first-order valence-corrected chi connectivity index (χ1v) is 9.89. The van der Waals surface area contributed by atoms with E-state index in [4.69, 9.17) is 14.5 Å². The minimum Gasteiger partial charge on any atom is -0.475 e. The van der Waals surface area contributed by atoms with Crippen LogP contribution < -0.4 is 9.64 Å². The zero-order valence-corrected chi connectivity index (χ0v) is 17.4. The molecule has 7 heteroatoms. The first-order chi connectivity index (χ1) is 13.3. The number of piperidine rings is 1. The third-order valence-corrected chi connectivity index (χ3v) is 4.73. The predicted molar refractivity (Wildman–Crippen MR) is 110 cm³/mol. The molecule has 1 fully saturated rings. The molecule has 1 aromatic heterocycles. The molecule has 0 spiro atoms. The van der Waals surface area contributed by atoms with Crippen LogP contribution in [0.15, 0.2) is 24.3 Å². The molecule has 7 nitrogen and oxygen atoms in total. The minimum absolute atomic E-state index is 0.121. The third kappa shape index (κ3) is 4.64. The van der Waals surface area contributed by atoms with Crippen LogP contribution in [0.1, 0.15) is 40.5 Å². The van der Waals surface area contributed by atoms with E-state index >= 15 is 0 Å². The molecule has 2 aromatic rings. The first kappa shape index (κ1) is 20.2. The van der Waals surface area contributed by atoms with Crippen LogP contribution in [-0.4, -0.2) is 59.3 Å². The minimum atomic E-state index is -0.498. The number of carbonyl (C=O) groups excluding carboxylic acids is 1. The fourth-order valence-corrected chi connectivity index (χ4v) is 3.37. The Balaban J connectivity index is 1.83. The van der Waals surface area contributed by atoms with Crippen LogP contribution in [0.4, 0.5) is 10.6 Å². The molecule has 0 unspecified atom stereocenters. The van der Waals surface area contributed by atoms with Crippen molar-refractivity contribution in [2.75, 3.05) is 31.6 Å². The van der Waals surface area contributed by atoms with Gasteiger partial charge in [-0.05, 0) is 52.7 Å². The van der Waals surface area contributed by atoms with Crippen LogP contribution in [0.25, 0.3) is 11.0 Å². The Kier molecular flexibility index (Phi) is 5.91. The fourth-order valence-electron chi connectivity index (χ4n) is 3.37. The van der Waals surface area contributed by atoms with E-state index in [9.17, 15) is 4.79 Å². The number of carbonyl (C=O) groups is 1. The van der Waals surface area contributed by atoms with Crippen LogP contribution in [-0.2, 0) is 4.74 Å². The van der Waals surface area contributed by atoms with Crippen molar-refractivity contribution in [3.05, 3.63) is 24.3 Å². The summed E-state index contributed by atoms with van der Waals surface area (Å²) in [4.78, 5) is 25.8. The van der Waals surface area contributed by atoms with Crippen molar-refractivity contribution >= 4 is 22.9 Å². The highest BCUT2D eigenvalue weighted by molar-refractivity contribution is 5.77. The van der Waals surface area contributed by atoms with E-state index in [2.05, 4.69) is 9.88 Å². The van der Waals surface area contributed by atoms with Crippen molar-refractivity contribution in [3.8, 4) is 5.88 Å². The van der Waals surface area contributed by atoms with E-state index in [0.29, 0.717) is 31.4 Å². The number of ether oxygens (including phenoxy) is 2. The molecular formula is C21H30N4O3. The number of benzene rings is 1. The SMILES string of the molecule is CCOc1nc2ccccc2nc1N(C)[C@H]1CCCN(C(=O)OC(C)(C)C)C1. The second kappa shape index (κ2) is 8.20. The Hall–Kier alpha value is -2.57. The summed E-state index contributed by atoms with van der Waals surface area (Å²) >= 11 is 0. The Bertz CT molecular complexity index is 834. The van der Waals surface area contributed by atoms with Gasteiger partial charge in [-0.3, -0.25) is 0 Å². The maximum Gasteiger partial charge on any atom is 0.410 e. The van der Waals surface area contributed by atoms with Crippen molar-refractivity contribution in [3.63, 3.8) is 0 Å². The molecule has 1 aliphatic rings. The highest BCUT2D eigenvalue weighted by Gasteiger charge is 2.31. The number of hydrogen-bond acceptors (Lipinski definition) is 6. The molecule has 2 heterocycles. The van der Waals surface area contributed by atoms with Gasteiger partial charge in [-0.15, -0.1) is 0 Å². The van der Waals surface area contributed by atoms with Crippen LogP contribution in [0.3, 0.4) is 0 Å². The lowest BCUT2D eigenvalue weighted by molar-refractivity contribution is 0.0199. The van der Waals surface area contributed by atoms with Gasteiger partial charge in [0.25, 0.3) is 5.88 Å². The van der Waals surface area contributed by atoms with Crippen molar-refractivity contribution in [1.29, 1.82) is 0 Å². The van der Waals surface area contributed by atoms with Gasteiger partial charge in [0.2, 0.25) is 0 Å². The smallest absolute Gasteiger partial charge is 0.410 e. The lowest BCUT2D eigenvalue weighted by Crippen LogP contribution is -2.50.